The highest BCUT2D eigenvalue weighted by molar-refractivity contribution is 5.87. The van der Waals surface area contributed by atoms with E-state index in [2.05, 4.69) is 35.3 Å². The molecule has 2 aromatic rings. The summed E-state index contributed by atoms with van der Waals surface area (Å²) in [4.78, 5) is 4.33. The number of fused-ring (bicyclic) bond motifs is 3. The molecule has 0 fully saturated rings. The van der Waals surface area contributed by atoms with Crippen molar-refractivity contribution in [2.75, 3.05) is 0 Å². The number of allylic oxidation sites excluding steroid dienone is 1. The largest absolute Gasteiger partial charge is 0.256 e. The van der Waals surface area contributed by atoms with E-state index in [0.717, 1.165) is 11.9 Å². The Morgan fingerprint density at radius 2 is 2.15 bits per heavy atom. The summed E-state index contributed by atoms with van der Waals surface area (Å²) in [6.45, 7) is 0. The van der Waals surface area contributed by atoms with Crippen LogP contribution in [0.2, 0.25) is 0 Å². The zero-order valence-electron chi connectivity index (χ0n) is 7.20. The van der Waals surface area contributed by atoms with Crippen LogP contribution in [0.25, 0.3) is 17.0 Å². The molecule has 0 atom stereocenters. The highest BCUT2D eigenvalue weighted by atomic mass is 14.6. The number of hydrogen-bond donors (Lipinski definition) is 0. The quantitative estimate of drug-likeness (QED) is 0.588. The maximum absolute atomic E-state index is 4.33. The van der Waals surface area contributed by atoms with E-state index in [9.17, 15) is 0 Å². The molecule has 1 nitrogen and oxygen atoms in total. The Morgan fingerprint density at radius 1 is 1.15 bits per heavy atom. The van der Waals surface area contributed by atoms with E-state index in [1.807, 2.05) is 12.3 Å². The van der Waals surface area contributed by atoms with Gasteiger partial charge in [-0.1, -0.05) is 24.3 Å². The number of aromatic nitrogens is 1. The predicted octanol–water partition coefficient (Wildman–Crippen LogP) is 2.80. The van der Waals surface area contributed by atoms with Crippen LogP contribution in [-0.4, -0.2) is 4.98 Å². The second-order valence-corrected chi connectivity index (χ2v) is 3.31. The molecular formula is C12H9N. The molecule has 1 heteroatoms. The van der Waals surface area contributed by atoms with Gasteiger partial charge in [-0.05, 0) is 29.7 Å². The number of hydrogen-bond acceptors (Lipinski definition) is 1. The second kappa shape index (κ2) is 2.43. The van der Waals surface area contributed by atoms with Gasteiger partial charge in [0.25, 0.3) is 0 Å². The summed E-state index contributed by atoms with van der Waals surface area (Å²) >= 11 is 0. The van der Waals surface area contributed by atoms with Gasteiger partial charge in [-0.2, -0.15) is 0 Å². The second-order valence-electron chi connectivity index (χ2n) is 3.31. The summed E-state index contributed by atoms with van der Waals surface area (Å²) in [5, 5.41) is 1.30. The summed E-state index contributed by atoms with van der Waals surface area (Å²) in [6.07, 6.45) is 7.29. The van der Waals surface area contributed by atoms with Crippen LogP contribution in [0, 0.1) is 0 Å². The molecule has 0 unspecified atom stereocenters. The van der Waals surface area contributed by atoms with Gasteiger partial charge in [-0.3, -0.25) is 4.98 Å². The molecule has 0 spiro atoms. The number of benzene rings is 1. The standard InChI is InChI=1S/C12H9N/c1-3-9-6-7-12-11(10(9)4-1)5-2-8-13-12/h1-3,5-8H,4H2. The Hall–Kier alpha value is -1.63. The van der Waals surface area contributed by atoms with Gasteiger partial charge in [-0.15, -0.1) is 0 Å². The van der Waals surface area contributed by atoms with Crippen molar-refractivity contribution in [2.45, 2.75) is 6.42 Å². The summed E-state index contributed by atoms with van der Waals surface area (Å²) in [5.41, 5.74) is 3.87. The Morgan fingerprint density at radius 3 is 3.15 bits per heavy atom. The van der Waals surface area contributed by atoms with E-state index in [0.29, 0.717) is 0 Å². The minimum atomic E-state index is 1.05. The molecule has 0 bridgehead atoms. The van der Waals surface area contributed by atoms with Crippen LogP contribution < -0.4 is 0 Å². The SMILES string of the molecule is C1=Cc2ccc3ncccc3c2C1. The Labute approximate surface area is 76.7 Å². The van der Waals surface area contributed by atoms with Crippen molar-refractivity contribution in [3.8, 4) is 0 Å². The van der Waals surface area contributed by atoms with E-state index in [1.165, 1.54) is 16.5 Å². The van der Waals surface area contributed by atoms with Gasteiger partial charge in [0.2, 0.25) is 0 Å². The Kier molecular flexibility index (Phi) is 1.28. The fraction of sp³-hybridized carbons (Fsp3) is 0.0833. The molecule has 1 heterocycles. The first kappa shape index (κ1) is 6.84. The number of pyridine rings is 1. The summed E-state index contributed by atoms with van der Waals surface area (Å²) in [5.74, 6) is 0. The topological polar surface area (TPSA) is 12.9 Å². The maximum atomic E-state index is 4.33. The van der Waals surface area contributed by atoms with E-state index in [1.54, 1.807) is 0 Å². The summed E-state index contributed by atoms with van der Waals surface area (Å²) < 4.78 is 0. The molecule has 0 saturated heterocycles. The van der Waals surface area contributed by atoms with Crippen molar-refractivity contribution in [3.63, 3.8) is 0 Å². The van der Waals surface area contributed by atoms with Gasteiger partial charge >= 0.3 is 0 Å². The zero-order chi connectivity index (χ0) is 8.67. The van der Waals surface area contributed by atoms with Gasteiger partial charge in [0.15, 0.2) is 0 Å². The predicted molar refractivity (Wildman–Crippen MR) is 54.5 cm³/mol. The molecule has 3 rings (SSSR count). The van der Waals surface area contributed by atoms with Gasteiger partial charge in [0.1, 0.15) is 0 Å². The third-order valence-electron chi connectivity index (χ3n) is 2.55. The highest BCUT2D eigenvalue weighted by Crippen LogP contribution is 2.26. The van der Waals surface area contributed by atoms with Crippen molar-refractivity contribution in [2.24, 2.45) is 0 Å². The normalized spacial score (nSPS) is 13.5. The van der Waals surface area contributed by atoms with Crippen molar-refractivity contribution in [1.29, 1.82) is 0 Å². The third kappa shape index (κ3) is 0.903. The molecule has 1 aromatic heterocycles. The highest BCUT2D eigenvalue weighted by Gasteiger charge is 2.08. The van der Waals surface area contributed by atoms with Crippen molar-refractivity contribution >= 4 is 17.0 Å². The van der Waals surface area contributed by atoms with Gasteiger partial charge in [0, 0.05) is 11.6 Å². The van der Waals surface area contributed by atoms with E-state index in [-0.39, 0.29) is 0 Å². The molecule has 62 valence electrons. The molecule has 0 radical (unpaired) electrons. The molecule has 13 heavy (non-hydrogen) atoms. The monoisotopic (exact) mass is 167 g/mol. The van der Waals surface area contributed by atoms with Crippen LogP contribution in [0.3, 0.4) is 0 Å². The maximum Gasteiger partial charge on any atom is 0.0705 e. The summed E-state index contributed by atoms with van der Waals surface area (Å²) in [7, 11) is 0. The average molecular weight is 167 g/mol. The molecule has 0 N–H and O–H groups in total. The lowest BCUT2D eigenvalue weighted by Gasteiger charge is -2.03. The van der Waals surface area contributed by atoms with Gasteiger partial charge in [0.05, 0.1) is 5.52 Å². The van der Waals surface area contributed by atoms with Gasteiger partial charge < -0.3 is 0 Å². The zero-order valence-corrected chi connectivity index (χ0v) is 7.20. The fourth-order valence-corrected chi connectivity index (χ4v) is 1.92. The minimum Gasteiger partial charge on any atom is -0.256 e. The molecule has 0 saturated carbocycles. The Bertz CT molecular complexity index is 497. The van der Waals surface area contributed by atoms with Crippen LogP contribution >= 0.6 is 0 Å². The van der Waals surface area contributed by atoms with Crippen LogP contribution in [0.1, 0.15) is 11.1 Å². The number of rotatable bonds is 0. The van der Waals surface area contributed by atoms with E-state index >= 15 is 0 Å². The van der Waals surface area contributed by atoms with Crippen molar-refractivity contribution < 1.29 is 0 Å². The minimum absolute atomic E-state index is 1.05. The van der Waals surface area contributed by atoms with Crippen LogP contribution in [0.15, 0.2) is 36.5 Å². The Balaban J connectivity index is 2.46. The van der Waals surface area contributed by atoms with E-state index in [4.69, 9.17) is 0 Å². The first-order valence-corrected chi connectivity index (χ1v) is 4.48. The fourth-order valence-electron chi connectivity index (χ4n) is 1.92. The van der Waals surface area contributed by atoms with E-state index < -0.39 is 0 Å². The van der Waals surface area contributed by atoms with Crippen LogP contribution in [0.4, 0.5) is 0 Å². The first-order chi connectivity index (χ1) is 6.45. The third-order valence-corrected chi connectivity index (χ3v) is 2.55. The lowest BCUT2D eigenvalue weighted by molar-refractivity contribution is 1.32. The van der Waals surface area contributed by atoms with Crippen LogP contribution in [0.5, 0.6) is 0 Å². The molecule has 0 amide bonds. The lowest BCUT2D eigenvalue weighted by Crippen LogP contribution is -1.86. The number of nitrogens with zero attached hydrogens (tertiary/aromatic N) is 1. The van der Waals surface area contributed by atoms with Crippen molar-refractivity contribution in [1.82, 2.24) is 4.98 Å². The molecular weight excluding hydrogens is 158 g/mol. The lowest BCUT2D eigenvalue weighted by atomic mass is 10.0. The molecule has 0 aliphatic heterocycles. The van der Waals surface area contributed by atoms with Crippen LogP contribution in [-0.2, 0) is 6.42 Å². The van der Waals surface area contributed by atoms with Crippen molar-refractivity contribution in [3.05, 3.63) is 47.7 Å². The van der Waals surface area contributed by atoms with Gasteiger partial charge in [-0.25, -0.2) is 0 Å². The average Bonchev–Trinajstić information content (AvgIpc) is 2.65. The molecule has 1 aliphatic rings. The first-order valence-electron chi connectivity index (χ1n) is 4.48. The molecule has 1 aromatic carbocycles. The molecule has 1 aliphatic carbocycles. The smallest absolute Gasteiger partial charge is 0.0705 e. The summed E-state index contributed by atoms with van der Waals surface area (Å²) in [6, 6.07) is 8.38.